The first-order valence-electron chi connectivity index (χ1n) is 7.87. The summed E-state index contributed by atoms with van der Waals surface area (Å²) < 4.78 is 6.91. The number of ether oxygens (including phenoxy) is 1. The number of aliphatic carboxylic acids is 1. The number of hydrogen-bond acceptors (Lipinski definition) is 4. The lowest BCUT2D eigenvalue weighted by Crippen LogP contribution is -2.48. The maximum Gasteiger partial charge on any atom is 0.326 e. The summed E-state index contributed by atoms with van der Waals surface area (Å²) in [5.41, 5.74) is 1.01. The highest BCUT2D eigenvalue weighted by atomic mass is 16.5. The molecule has 3 rings (SSSR count). The first-order valence-corrected chi connectivity index (χ1v) is 7.87. The molecular weight excluding hydrogens is 310 g/mol. The molecule has 1 aromatic carbocycles. The van der Waals surface area contributed by atoms with Crippen molar-refractivity contribution in [1.82, 2.24) is 15.1 Å². The molecule has 2 atom stereocenters. The normalized spacial score (nSPS) is 18.8. The Labute approximate surface area is 139 Å². The molecule has 2 aromatic rings. The minimum absolute atomic E-state index is 0.182. The molecule has 24 heavy (non-hydrogen) atoms. The highest BCUT2D eigenvalue weighted by Crippen LogP contribution is 2.18. The molecule has 7 nitrogen and oxygen atoms in total. The Hall–Kier alpha value is -2.67. The van der Waals surface area contributed by atoms with Crippen molar-refractivity contribution in [2.45, 2.75) is 18.9 Å². The van der Waals surface area contributed by atoms with E-state index in [9.17, 15) is 14.7 Å². The highest BCUT2D eigenvalue weighted by Gasteiger charge is 2.32. The van der Waals surface area contributed by atoms with Gasteiger partial charge in [0.2, 0.25) is 0 Å². The van der Waals surface area contributed by atoms with Gasteiger partial charge in [0, 0.05) is 18.7 Å². The lowest BCUT2D eigenvalue weighted by molar-refractivity contribution is -0.142. The van der Waals surface area contributed by atoms with E-state index in [1.807, 2.05) is 30.3 Å². The molecule has 1 saturated heterocycles. The predicted molar refractivity (Wildman–Crippen MR) is 86.0 cm³/mol. The summed E-state index contributed by atoms with van der Waals surface area (Å²) in [6.07, 6.45) is 3.19. The molecule has 0 aliphatic carbocycles. The first kappa shape index (κ1) is 16.2. The number of aromatic nitrogens is 2. The summed E-state index contributed by atoms with van der Waals surface area (Å²) in [4.78, 5) is 23.9. The summed E-state index contributed by atoms with van der Waals surface area (Å²) in [5, 5.41) is 16.2. The summed E-state index contributed by atoms with van der Waals surface area (Å²) in [5.74, 6) is -1.78. The number of benzene rings is 1. The summed E-state index contributed by atoms with van der Waals surface area (Å²) >= 11 is 0. The number of carbonyl (C=O) groups excluding carboxylic acids is 1. The van der Waals surface area contributed by atoms with Gasteiger partial charge in [-0.3, -0.25) is 4.79 Å². The van der Waals surface area contributed by atoms with Crippen LogP contribution in [0.15, 0.2) is 42.6 Å². The van der Waals surface area contributed by atoms with Crippen LogP contribution in [0.2, 0.25) is 0 Å². The molecule has 126 valence electrons. The number of hydrogen-bond donors (Lipinski definition) is 2. The molecule has 0 saturated carbocycles. The van der Waals surface area contributed by atoms with Crippen LogP contribution in [0.4, 0.5) is 0 Å². The number of rotatable bonds is 5. The van der Waals surface area contributed by atoms with Crippen LogP contribution in [0.3, 0.4) is 0 Å². The van der Waals surface area contributed by atoms with Gasteiger partial charge in [-0.25, -0.2) is 9.48 Å². The number of carboxylic acids is 1. The van der Waals surface area contributed by atoms with Crippen molar-refractivity contribution in [3.8, 4) is 5.69 Å². The number of nitrogens with zero attached hydrogens (tertiary/aromatic N) is 2. The van der Waals surface area contributed by atoms with Gasteiger partial charge in [-0.05, 0) is 31.0 Å². The van der Waals surface area contributed by atoms with Gasteiger partial charge >= 0.3 is 5.97 Å². The van der Waals surface area contributed by atoms with Crippen molar-refractivity contribution in [3.05, 3.63) is 48.3 Å². The molecule has 1 aliphatic heterocycles. The number of carboxylic acid groups (broad SMARTS) is 1. The van der Waals surface area contributed by atoms with E-state index in [0.717, 1.165) is 18.5 Å². The third kappa shape index (κ3) is 3.62. The van der Waals surface area contributed by atoms with E-state index < -0.39 is 17.9 Å². The topological polar surface area (TPSA) is 93.5 Å². The Bertz CT molecular complexity index is 708. The second kappa shape index (κ2) is 7.27. The van der Waals surface area contributed by atoms with Gasteiger partial charge in [0.15, 0.2) is 5.69 Å². The number of nitrogens with one attached hydrogen (secondary N) is 1. The van der Waals surface area contributed by atoms with Gasteiger partial charge in [0.05, 0.1) is 12.3 Å². The molecular formula is C17H19N3O4. The van der Waals surface area contributed by atoms with Crippen LogP contribution in [0, 0.1) is 5.92 Å². The Kier molecular flexibility index (Phi) is 4.90. The molecule has 0 spiro atoms. The molecule has 2 N–H and O–H groups in total. The molecule has 1 amide bonds. The maximum absolute atomic E-state index is 12.4. The fourth-order valence-electron chi connectivity index (χ4n) is 2.79. The third-order valence-corrected chi connectivity index (χ3v) is 4.06. The summed E-state index contributed by atoms with van der Waals surface area (Å²) in [6, 6.07) is 9.98. The molecule has 7 heteroatoms. The smallest absolute Gasteiger partial charge is 0.326 e. The zero-order valence-electron chi connectivity index (χ0n) is 13.1. The molecule has 0 radical (unpaired) electrons. The lowest BCUT2D eigenvalue weighted by Gasteiger charge is -2.27. The van der Waals surface area contributed by atoms with Crippen LogP contribution in [-0.4, -0.2) is 46.0 Å². The fourth-order valence-corrected chi connectivity index (χ4v) is 2.79. The fraction of sp³-hybridized carbons (Fsp3) is 0.353. The predicted octanol–water partition coefficient (Wildman–Crippen LogP) is 1.48. The standard InChI is InChI=1S/C17H19N3O4/c21-16(18-15(17(22)23)12-5-4-10-24-11-12)14-8-9-20(19-14)13-6-2-1-3-7-13/h1-3,6-9,12,15H,4-5,10-11H2,(H,18,21)(H,22,23). The van der Waals surface area contributed by atoms with E-state index >= 15 is 0 Å². The quantitative estimate of drug-likeness (QED) is 0.867. The largest absolute Gasteiger partial charge is 0.480 e. The number of carbonyl (C=O) groups is 2. The number of amides is 1. The van der Waals surface area contributed by atoms with Gasteiger partial charge in [-0.2, -0.15) is 5.10 Å². The van der Waals surface area contributed by atoms with Crippen molar-refractivity contribution >= 4 is 11.9 Å². The van der Waals surface area contributed by atoms with Crippen molar-refractivity contribution in [1.29, 1.82) is 0 Å². The monoisotopic (exact) mass is 329 g/mol. The van der Waals surface area contributed by atoms with Crippen LogP contribution in [0.25, 0.3) is 5.69 Å². The van der Waals surface area contributed by atoms with Crippen LogP contribution in [0.1, 0.15) is 23.3 Å². The Morgan fingerprint density at radius 1 is 1.29 bits per heavy atom. The van der Waals surface area contributed by atoms with Crippen LogP contribution < -0.4 is 5.32 Å². The van der Waals surface area contributed by atoms with Gasteiger partial charge in [-0.1, -0.05) is 18.2 Å². The Morgan fingerprint density at radius 2 is 2.08 bits per heavy atom. The van der Waals surface area contributed by atoms with E-state index in [0.29, 0.717) is 13.2 Å². The highest BCUT2D eigenvalue weighted by molar-refractivity contribution is 5.95. The van der Waals surface area contributed by atoms with Gasteiger partial charge in [0.25, 0.3) is 5.91 Å². The second-order valence-electron chi connectivity index (χ2n) is 5.75. The minimum atomic E-state index is -1.05. The molecule has 2 heterocycles. The van der Waals surface area contributed by atoms with Crippen molar-refractivity contribution < 1.29 is 19.4 Å². The van der Waals surface area contributed by atoms with Crippen molar-refractivity contribution in [2.24, 2.45) is 5.92 Å². The molecule has 0 bridgehead atoms. The van der Waals surface area contributed by atoms with Gasteiger partial charge in [-0.15, -0.1) is 0 Å². The van der Waals surface area contributed by atoms with E-state index in [1.54, 1.807) is 16.9 Å². The Morgan fingerprint density at radius 3 is 2.75 bits per heavy atom. The zero-order chi connectivity index (χ0) is 16.9. The van der Waals surface area contributed by atoms with E-state index in [4.69, 9.17) is 4.74 Å². The average molecular weight is 329 g/mol. The van der Waals surface area contributed by atoms with E-state index in [2.05, 4.69) is 10.4 Å². The van der Waals surface area contributed by atoms with Gasteiger partial charge < -0.3 is 15.2 Å². The minimum Gasteiger partial charge on any atom is -0.480 e. The SMILES string of the molecule is O=C(NC(C(=O)O)C1CCCOC1)c1ccn(-c2ccccc2)n1. The van der Waals surface area contributed by atoms with Crippen molar-refractivity contribution in [3.63, 3.8) is 0 Å². The third-order valence-electron chi connectivity index (χ3n) is 4.06. The summed E-state index contributed by atoms with van der Waals surface area (Å²) in [6.45, 7) is 0.980. The molecule has 1 fully saturated rings. The molecule has 1 aromatic heterocycles. The van der Waals surface area contributed by atoms with Crippen LogP contribution in [0.5, 0.6) is 0 Å². The maximum atomic E-state index is 12.4. The first-order chi connectivity index (χ1) is 11.6. The lowest BCUT2D eigenvalue weighted by atomic mass is 9.93. The second-order valence-corrected chi connectivity index (χ2v) is 5.75. The molecule has 1 aliphatic rings. The number of para-hydroxylation sites is 1. The average Bonchev–Trinajstić information content (AvgIpc) is 3.11. The van der Waals surface area contributed by atoms with E-state index in [1.165, 1.54) is 0 Å². The van der Waals surface area contributed by atoms with Gasteiger partial charge in [0.1, 0.15) is 6.04 Å². The van der Waals surface area contributed by atoms with E-state index in [-0.39, 0.29) is 11.6 Å². The van der Waals surface area contributed by atoms with Crippen LogP contribution in [-0.2, 0) is 9.53 Å². The van der Waals surface area contributed by atoms with Crippen molar-refractivity contribution in [2.75, 3.05) is 13.2 Å². The zero-order valence-corrected chi connectivity index (χ0v) is 13.1. The van der Waals surface area contributed by atoms with Crippen LogP contribution >= 0.6 is 0 Å². The molecule has 2 unspecified atom stereocenters. The Balaban J connectivity index is 1.71. The summed E-state index contributed by atoms with van der Waals surface area (Å²) in [7, 11) is 0.